The number of hydrogen-bond acceptors (Lipinski definition) is 6. The molecule has 0 aliphatic carbocycles. The summed E-state index contributed by atoms with van der Waals surface area (Å²) < 4.78 is 4.85. The molecular weight excluding hydrogens is 234 g/mol. The first kappa shape index (κ1) is 12.4. The summed E-state index contributed by atoms with van der Waals surface area (Å²) in [5.41, 5.74) is 0.652. The van der Waals surface area contributed by atoms with Crippen LogP contribution < -0.4 is 5.32 Å². The van der Waals surface area contributed by atoms with Gasteiger partial charge in [0.05, 0.1) is 0 Å². The van der Waals surface area contributed by atoms with Crippen LogP contribution in [-0.2, 0) is 13.0 Å². The fraction of sp³-hybridized carbons (Fsp3) is 0.333. The van der Waals surface area contributed by atoms with Crippen molar-refractivity contribution in [2.75, 3.05) is 6.54 Å². The van der Waals surface area contributed by atoms with E-state index in [-0.39, 0.29) is 11.5 Å². The van der Waals surface area contributed by atoms with Gasteiger partial charge in [0, 0.05) is 32.0 Å². The van der Waals surface area contributed by atoms with Crippen molar-refractivity contribution in [1.82, 2.24) is 15.5 Å². The van der Waals surface area contributed by atoms with Crippen LogP contribution in [0, 0.1) is 6.92 Å². The molecular formula is C12H15N3O3. The van der Waals surface area contributed by atoms with Gasteiger partial charge >= 0.3 is 0 Å². The Morgan fingerprint density at radius 2 is 2.17 bits per heavy atom. The molecule has 96 valence electrons. The number of phenolic OH excluding ortho intramolecular Hbond substituents is 2. The van der Waals surface area contributed by atoms with E-state index < -0.39 is 0 Å². The molecule has 0 atom stereocenters. The number of phenols is 2. The summed E-state index contributed by atoms with van der Waals surface area (Å²) in [6.07, 6.45) is 0.650. The molecule has 0 saturated heterocycles. The van der Waals surface area contributed by atoms with Gasteiger partial charge in [-0.3, -0.25) is 0 Å². The largest absolute Gasteiger partial charge is 0.504 e. The number of nitrogens with zero attached hydrogens (tertiary/aromatic N) is 2. The molecule has 18 heavy (non-hydrogen) atoms. The van der Waals surface area contributed by atoms with Gasteiger partial charge < -0.3 is 20.1 Å². The summed E-state index contributed by atoms with van der Waals surface area (Å²) >= 11 is 0. The lowest BCUT2D eigenvalue weighted by atomic mass is 10.2. The first-order chi connectivity index (χ1) is 8.66. The lowest BCUT2D eigenvalue weighted by Gasteiger charge is -2.06. The van der Waals surface area contributed by atoms with Crippen molar-refractivity contribution in [3.8, 4) is 11.5 Å². The molecule has 0 saturated carbocycles. The van der Waals surface area contributed by atoms with Crippen molar-refractivity contribution < 1.29 is 14.7 Å². The van der Waals surface area contributed by atoms with Crippen LogP contribution in [0.3, 0.4) is 0 Å². The Morgan fingerprint density at radius 1 is 1.33 bits per heavy atom. The molecule has 0 radical (unpaired) electrons. The predicted octanol–water partition coefficient (Wildman–Crippen LogP) is 1.12. The van der Waals surface area contributed by atoms with E-state index in [1.165, 1.54) is 6.07 Å². The first-order valence-corrected chi connectivity index (χ1v) is 5.66. The van der Waals surface area contributed by atoms with Gasteiger partial charge in [-0.1, -0.05) is 17.3 Å². The van der Waals surface area contributed by atoms with Gasteiger partial charge in [0.25, 0.3) is 0 Å². The molecule has 0 bridgehead atoms. The van der Waals surface area contributed by atoms with Crippen LogP contribution >= 0.6 is 0 Å². The van der Waals surface area contributed by atoms with E-state index in [1.807, 2.05) is 0 Å². The lowest BCUT2D eigenvalue weighted by molar-refractivity contribution is 0.386. The van der Waals surface area contributed by atoms with E-state index in [9.17, 15) is 10.2 Å². The Balaban J connectivity index is 1.80. The number of rotatable bonds is 5. The number of para-hydroxylation sites is 1. The second-order valence-corrected chi connectivity index (χ2v) is 3.94. The maximum Gasteiger partial charge on any atom is 0.223 e. The minimum absolute atomic E-state index is 0.0830. The maximum atomic E-state index is 9.59. The molecule has 0 unspecified atom stereocenters. The Kier molecular flexibility index (Phi) is 3.78. The zero-order chi connectivity index (χ0) is 13.0. The van der Waals surface area contributed by atoms with Crippen molar-refractivity contribution in [3.05, 3.63) is 35.5 Å². The second kappa shape index (κ2) is 5.50. The van der Waals surface area contributed by atoms with E-state index in [0.29, 0.717) is 36.8 Å². The molecule has 0 aliphatic heterocycles. The molecule has 1 heterocycles. The van der Waals surface area contributed by atoms with Gasteiger partial charge in [0.15, 0.2) is 17.3 Å². The van der Waals surface area contributed by atoms with Crippen molar-refractivity contribution >= 4 is 0 Å². The van der Waals surface area contributed by atoms with Crippen LogP contribution in [0.5, 0.6) is 11.5 Å². The smallest absolute Gasteiger partial charge is 0.223 e. The van der Waals surface area contributed by atoms with Crippen LogP contribution in [0.25, 0.3) is 0 Å². The van der Waals surface area contributed by atoms with E-state index in [1.54, 1.807) is 19.1 Å². The number of aromatic hydroxyl groups is 2. The van der Waals surface area contributed by atoms with Crippen molar-refractivity contribution in [2.24, 2.45) is 0 Å². The topological polar surface area (TPSA) is 91.4 Å². The molecule has 0 fully saturated rings. The Morgan fingerprint density at radius 3 is 2.89 bits per heavy atom. The van der Waals surface area contributed by atoms with Gasteiger partial charge in [-0.2, -0.15) is 4.98 Å². The number of nitrogens with one attached hydrogen (secondary N) is 1. The summed E-state index contributed by atoms with van der Waals surface area (Å²) in [6.45, 7) is 2.87. The molecule has 0 amide bonds. The van der Waals surface area contributed by atoms with Crippen LogP contribution in [0.4, 0.5) is 0 Å². The first-order valence-electron chi connectivity index (χ1n) is 5.66. The predicted molar refractivity (Wildman–Crippen MR) is 64.2 cm³/mol. The van der Waals surface area contributed by atoms with Gasteiger partial charge in [-0.15, -0.1) is 0 Å². The quantitative estimate of drug-likeness (QED) is 0.543. The van der Waals surface area contributed by atoms with Crippen LogP contribution in [0.15, 0.2) is 22.7 Å². The minimum Gasteiger partial charge on any atom is -0.504 e. The van der Waals surface area contributed by atoms with Gasteiger partial charge in [-0.05, 0) is 6.07 Å². The van der Waals surface area contributed by atoms with Crippen molar-refractivity contribution in [2.45, 2.75) is 19.9 Å². The molecule has 2 rings (SSSR count). The highest BCUT2D eigenvalue weighted by Crippen LogP contribution is 2.27. The van der Waals surface area contributed by atoms with E-state index >= 15 is 0 Å². The molecule has 1 aromatic carbocycles. The number of aromatic nitrogens is 2. The third-order valence-corrected chi connectivity index (χ3v) is 2.51. The summed E-state index contributed by atoms with van der Waals surface area (Å²) in [6, 6.07) is 4.89. The fourth-order valence-electron chi connectivity index (χ4n) is 1.59. The van der Waals surface area contributed by atoms with Crippen LogP contribution in [0.2, 0.25) is 0 Å². The molecule has 2 aromatic rings. The van der Waals surface area contributed by atoms with Gasteiger partial charge in [-0.25, -0.2) is 0 Å². The minimum atomic E-state index is -0.108. The molecule has 0 aliphatic rings. The number of hydrogen-bond donors (Lipinski definition) is 3. The molecule has 6 heteroatoms. The normalized spacial score (nSPS) is 10.7. The third-order valence-electron chi connectivity index (χ3n) is 2.51. The van der Waals surface area contributed by atoms with Crippen LogP contribution in [-0.4, -0.2) is 26.9 Å². The Bertz CT molecular complexity index is 525. The SMILES string of the molecule is Cc1nc(CCNCc2cccc(O)c2O)no1. The second-order valence-electron chi connectivity index (χ2n) is 3.94. The van der Waals surface area contributed by atoms with Crippen molar-refractivity contribution in [3.63, 3.8) is 0 Å². The summed E-state index contributed by atoms with van der Waals surface area (Å²) in [7, 11) is 0. The van der Waals surface area contributed by atoms with Gasteiger partial charge in [0.1, 0.15) is 0 Å². The molecule has 0 spiro atoms. The Hall–Kier alpha value is -2.08. The lowest BCUT2D eigenvalue weighted by Crippen LogP contribution is -2.17. The highest BCUT2D eigenvalue weighted by molar-refractivity contribution is 5.44. The van der Waals surface area contributed by atoms with E-state index in [2.05, 4.69) is 15.5 Å². The zero-order valence-corrected chi connectivity index (χ0v) is 10.1. The molecule has 3 N–H and O–H groups in total. The standard InChI is InChI=1S/C12H15N3O3/c1-8-14-11(15-18-8)5-6-13-7-9-3-2-4-10(16)12(9)17/h2-4,13,16-17H,5-7H2,1H3. The third kappa shape index (κ3) is 2.98. The van der Waals surface area contributed by atoms with Crippen molar-refractivity contribution in [1.29, 1.82) is 0 Å². The number of benzene rings is 1. The van der Waals surface area contributed by atoms with Gasteiger partial charge in [0.2, 0.25) is 5.89 Å². The van der Waals surface area contributed by atoms with E-state index in [0.717, 1.165) is 0 Å². The van der Waals surface area contributed by atoms with E-state index in [4.69, 9.17) is 4.52 Å². The summed E-state index contributed by atoms with van der Waals surface area (Å²) in [5.74, 6) is 1.01. The maximum absolute atomic E-state index is 9.59. The monoisotopic (exact) mass is 249 g/mol. The van der Waals surface area contributed by atoms with Crippen LogP contribution in [0.1, 0.15) is 17.3 Å². The zero-order valence-electron chi connectivity index (χ0n) is 10.1. The highest BCUT2D eigenvalue weighted by Gasteiger charge is 2.05. The summed E-state index contributed by atoms with van der Waals surface area (Å²) in [4.78, 5) is 4.08. The number of aryl methyl sites for hydroxylation is 1. The highest BCUT2D eigenvalue weighted by atomic mass is 16.5. The summed E-state index contributed by atoms with van der Waals surface area (Å²) in [5, 5.41) is 25.8. The average Bonchev–Trinajstić information content (AvgIpc) is 2.76. The fourth-order valence-corrected chi connectivity index (χ4v) is 1.59. The molecule has 1 aromatic heterocycles. The molecule has 6 nitrogen and oxygen atoms in total. The Labute approximate surface area is 104 Å². The average molecular weight is 249 g/mol.